The van der Waals surface area contributed by atoms with Crippen LogP contribution in [0.5, 0.6) is 0 Å². The number of para-hydroxylation sites is 6. The Morgan fingerprint density at radius 3 is 0.800 bits per heavy atom. The predicted octanol–water partition coefficient (Wildman–Crippen LogP) is 17.4. The Kier molecular flexibility index (Phi) is 8.33. The summed E-state index contributed by atoms with van der Waals surface area (Å²) in [6, 6.07) is 93.7. The number of benzene rings is 11. The zero-order valence-corrected chi connectivity index (χ0v) is 38.0. The highest BCUT2D eigenvalue weighted by molar-refractivity contribution is 6.25. The van der Waals surface area contributed by atoms with E-state index in [1.54, 1.807) is 0 Å². The minimum atomic E-state index is 1.09. The standard InChI is InChI=1S/C66H42N4/c1-4-18-43(19-5-1)44-32-34-45(35-33-44)46-40-49(69-61-30-16-12-26-53(61)57-38-36-55-51-24-10-14-28-59(51)67(63(55)65(57)69)47-20-6-2-7-21-47)42-50(41-46)70-62-31-17-13-27-54(62)58-39-37-56-52-25-11-15-29-60(52)68(64(56)66(58)70)48-22-8-3-9-23-48/h1-42H. The molecule has 0 fully saturated rings. The summed E-state index contributed by atoms with van der Waals surface area (Å²) in [6.45, 7) is 0. The molecule has 0 aliphatic heterocycles. The lowest BCUT2D eigenvalue weighted by Gasteiger charge is -2.18. The number of hydrogen-bond acceptors (Lipinski definition) is 0. The van der Waals surface area contributed by atoms with E-state index in [1.165, 1.54) is 87.3 Å². The molecule has 4 aromatic heterocycles. The normalized spacial score (nSPS) is 12.0. The second-order valence-electron chi connectivity index (χ2n) is 18.5. The van der Waals surface area contributed by atoms with Crippen LogP contribution in [-0.2, 0) is 0 Å². The van der Waals surface area contributed by atoms with Crippen LogP contribution in [0.15, 0.2) is 255 Å². The van der Waals surface area contributed by atoms with Crippen molar-refractivity contribution in [2.75, 3.05) is 0 Å². The molecule has 4 nitrogen and oxygen atoms in total. The Bertz CT molecular complexity index is 4300. The molecule has 0 bridgehead atoms. The Morgan fingerprint density at radius 1 is 0.171 bits per heavy atom. The highest BCUT2D eigenvalue weighted by Crippen LogP contribution is 2.45. The van der Waals surface area contributed by atoms with Gasteiger partial charge in [-0.05, 0) is 89.0 Å². The van der Waals surface area contributed by atoms with Crippen molar-refractivity contribution in [3.8, 4) is 45.0 Å². The summed E-state index contributed by atoms with van der Waals surface area (Å²) in [7, 11) is 0. The van der Waals surface area contributed by atoms with Gasteiger partial charge in [0.15, 0.2) is 0 Å². The van der Waals surface area contributed by atoms with Crippen LogP contribution in [0.25, 0.3) is 132 Å². The molecule has 0 saturated heterocycles. The van der Waals surface area contributed by atoms with Crippen molar-refractivity contribution in [3.05, 3.63) is 255 Å². The van der Waals surface area contributed by atoms with E-state index in [4.69, 9.17) is 0 Å². The number of fused-ring (bicyclic) bond motifs is 14. The minimum Gasteiger partial charge on any atom is -0.307 e. The van der Waals surface area contributed by atoms with Gasteiger partial charge in [0.05, 0.1) is 44.1 Å². The van der Waals surface area contributed by atoms with Gasteiger partial charge in [-0.15, -0.1) is 0 Å². The molecule has 0 spiro atoms. The third-order valence-electron chi connectivity index (χ3n) is 14.7. The Hall–Kier alpha value is -9.38. The summed E-state index contributed by atoms with van der Waals surface area (Å²) in [6.07, 6.45) is 0. The molecule has 0 N–H and O–H groups in total. The van der Waals surface area contributed by atoms with E-state index in [1.807, 2.05) is 0 Å². The van der Waals surface area contributed by atoms with Crippen molar-refractivity contribution >= 4 is 87.2 Å². The Labute approximate surface area is 403 Å². The first kappa shape index (κ1) is 38.7. The zero-order valence-electron chi connectivity index (χ0n) is 38.0. The van der Waals surface area contributed by atoms with E-state index in [0.717, 1.165) is 44.9 Å². The fourth-order valence-electron chi connectivity index (χ4n) is 11.7. The number of aromatic nitrogens is 4. The van der Waals surface area contributed by atoms with Crippen molar-refractivity contribution in [2.24, 2.45) is 0 Å². The molecule has 0 radical (unpaired) electrons. The third-order valence-corrected chi connectivity index (χ3v) is 14.7. The first-order valence-electron chi connectivity index (χ1n) is 24.1. The molecule has 0 atom stereocenters. The van der Waals surface area contributed by atoms with Gasteiger partial charge in [0.1, 0.15) is 0 Å². The van der Waals surface area contributed by atoms with Gasteiger partial charge in [0, 0.05) is 65.8 Å². The van der Waals surface area contributed by atoms with E-state index >= 15 is 0 Å². The molecule has 15 rings (SSSR count). The van der Waals surface area contributed by atoms with E-state index in [0.29, 0.717) is 0 Å². The summed E-state index contributed by atoms with van der Waals surface area (Å²) in [5.74, 6) is 0. The monoisotopic (exact) mass is 890 g/mol. The van der Waals surface area contributed by atoms with Gasteiger partial charge >= 0.3 is 0 Å². The van der Waals surface area contributed by atoms with Gasteiger partial charge in [-0.1, -0.05) is 188 Å². The lowest BCUT2D eigenvalue weighted by Crippen LogP contribution is -2.02. The fraction of sp³-hybridized carbons (Fsp3) is 0. The predicted molar refractivity (Wildman–Crippen MR) is 295 cm³/mol. The smallest absolute Gasteiger partial charge is 0.0788 e. The average Bonchev–Trinajstić information content (AvgIpc) is 4.17. The first-order chi connectivity index (χ1) is 34.8. The molecule has 0 amide bonds. The highest BCUT2D eigenvalue weighted by atomic mass is 15.1. The molecule has 0 saturated carbocycles. The first-order valence-corrected chi connectivity index (χ1v) is 24.1. The Morgan fingerprint density at radius 2 is 0.443 bits per heavy atom. The maximum absolute atomic E-state index is 2.54. The number of hydrogen-bond donors (Lipinski definition) is 0. The molecule has 15 aromatic rings. The van der Waals surface area contributed by atoms with Crippen LogP contribution in [0.2, 0.25) is 0 Å². The maximum atomic E-state index is 2.54. The molecule has 0 unspecified atom stereocenters. The maximum Gasteiger partial charge on any atom is 0.0788 e. The van der Waals surface area contributed by atoms with Crippen LogP contribution in [-0.4, -0.2) is 18.3 Å². The molecule has 11 aromatic carbocycles. The molecular weight excluding hydrogens is 849 g/mol. The van der Waals surface area contributed by atoms with Crippen LogP contribution in [0.3, 0.4) is 0 Å². The lowest BCUT2D eigenvalue weighted by molar-refractivity contribution is 1.12. The van der Waals surface area contributed by atoms with Crippen molar-refractivity contribution in [3.63, 3.8) is 0 Å². The molecule has 4 heteroatoms. The molecule has 326 valence electrons. The molecule has 0 aliphatic rings. The number of nitrogens with zero attached hydrogens (tertiary/aromatic N) is 4. The molecule has 4 heterocycles. The topological polar surface area (TPSA) is 19.7 Å². The van der Waals surface area contributed by atoms with Crippen molar-refractivity contribution in [2.45, 2.75) is 0 Å². The summed E-state index contributed by atoms with van der Waals surface area (Å²) in [4.78, 5) is 0. The second-order valence-corrected chi connectivity index (χ2v) is 18.5. The summed E-state index contributed by atoms with van der Waals surface area (Å²) in [5, 5.41) is 9.78. The van der Waals surface area contributed by atoms with Crippen molar-refractivity contribution in [1.82, 2.24) is 18.3 Å². The molecular formula is C66H42N4. The molecule has 70 heavy (non-hydrogen) atoms. The zero-order chi connectivity index (χ0) is 45.9. The minimum absolute atomic E-state index is 1.09. The van der Waals surface area contributed by atoms with Crippen LogP contribution >= 0.6 is 0 Å². The summed E-state index contributed by atoms with van der Waals surface area (Å²) >= 11 is 0. The van der Waals surface area contributed by atoms with Crippen LogP contribution < -0.4 is 0 Å². The summed E-state index contributed by atoms with van der Waals surface area (Å²) in [5.41, 5.74) is 18.5. The van der Waals surface area contributed by atoms with Gasteiger partial charge in [-0.2, -0.15) is 0 Å². The van der Waals surface area contributed by atoms with Gasteiger partial charge in [0.25, 0.3) is 0 Å². The largest absolute Gasteiger partial charge is 0.307 e. The quantitative estimate of drug-likeness (QED) is 0.158. The lowest BCUT2D eigenvalue weighted by atomic mass is 9.99. The van der Waals surface area contributed by atoms with E-state index in [2.05, 4.69) is 273 Å². The molecule has 0 aliphatic carbocycles. The van der Waals surface area contributed by atoms with Gasteiger partial charge in [-0.3, -0.25) is 0 Å². The third kappa shape index (κ3) is 5.59. The van der Waals surface area contributed by atoms with Crippen LogP contribution in [0, 0.1) is 0 Å². The van der Waals surface area contributed by atoms with Gasteiger partial charge in [-0.25, -0.2) is 0 Å². The SMILES string of the molecule is c1ccc(-c2ccc(-c3cc(-n4c5ccccc5c5ccc6c7ccccc7n(-c7ccccc7)c6c54)cc(-n4c5ccccc5c5ccc6c7ccccc7n(-c7ccccc7)c6c54)c3)cc2)cc1. The average molecular weight is 891 g/mol. The van der Waals surface area contributed by atoms with Crippen LogP contribution in [0.1, 0.15) is 0 Å². The van der Waals surface area contributed by atoms with E-state index < -0.39 is 0 Å². The number of rotatable bonds is 6. The summed E-state index contributed by atoms with van der Waals surface area (Å²) < 4.78 is 10.0. The van der Waals surface area contributed by atoms with Crippen molar-refractivity contribution < 1.29 is 0 Å². The van der Waals surface area contributed by atoms with E-state index in [9.17, 15) is 0 Å². The van der Waals surface area contributed by atoms with E-state index in [-0.39, 0.29) is 0 Å². The fourth-order valence-corrected chi connectivity index (χ4v) is 11.7. The highest BCUT2D eigenvalue weighted by Gasteiger charge is 2.25. The second kappa shape index (κ2) is 15.1. The Balaban J connectivity index is 1.11. The van der Waals surface area contributed by atoms with Crippen molar-refractivity contribution in [1.29, 1.82) is 0 Å². The van der Waals surface area contributed by atoms with Gasteiger partial charge < -0.3 is 18.3 Å². The van der Waals surface area contributed by atoms with Gasteiger partial charge in [0.2, 0.25) is 0 Å². The van der Waals surface area contributed by atoms with Crippen LogP contribution in [0.4, 0.5) is 0 Å².